The fourth-order valence-electron chi connectivity index (χ4n) is 1.90. The van der Waals surface area contributed by atoms with Crippen LogP contribution in [0.3, 0.4) is 0 Å². The normalized spacial score (nSPS) is 19.8. The Morgan fingerprint density at radius 1 is 1.35 bits per heavy atom. The van der Waals surface area contributed by atoms with Gasteiger partial charge in [-0.3, -0.25) is 0 Å². The summed E-state index contributed by atoms with van der Waals surface area (Å²) < 4.78 is 6.95. The summed E-state index contributed by atoms with van der Waals surface area (Å²) in [5.74, 6) is 0.243. The molecule has 1 aromatic rings. The number of phenols is 1. The highest BCUT2D eigenvalue weighted by Gasteiger charge is 2.14. The number of nitrogens with one attached hydrogen (secondary N) is 1. The molecule has 1 heterocycles. The minimum Gasteiger partial charge on any atom is -0.506 e. The van der Waals surface area contributed by atoms with Gasteiger partial charge in [0.05, 0.1) is 15.0 Å². The molecule has 94 valence electrons. The quantitative estimate of drug-likeness (QED) is 0.862. The van der Waals surface area contributed by atoms with Crippen LogP contribution in [0, 0.1) is 0 Å². The Hall–Kier alpha value is -0.100. The van der Waals surface area contributed by atoms with E-state index in [4.69, 9.17) is 4.74 Å². The van der Waals surface area contributed by atoms with Crippen molar-refractivity contribution in [3.8, 4) is 5.75 Å². The Morgan fingerprint density at radius 2 is 2.06 bits per heavy atom. The van der Waals surface area contributed by atoms with Gasteiger partial charge in [-0.05, 0) is 62.4 Å². The van der Waals surface area contributed by atoms with E-state index >= 15 is 0 Å². The van der Waals surface area contributed by atoms with Crippen LogP contribution in [0.4, 0.5) is 0 Å². The molecule has 1 unspecified atom stereocenters. The van der Waals surface area contributed by atoms with E-state index in [1.807, 2.05) is 12.1 Å². The zero-order chi connectivity index (χ0) is 12.3. The van der Waals surface area contributed by atoms with Crippen LogP contribution in [0.25, 0.3) is 0 Å². The summed E-state index contributed by atoms with van der Waals surface area (Å²) in [6, 6.07) is 3.84. The third kappa shape index (κ3) is 3.68. The van der Waals surface area contributed by atoms with E-state index in [-0.39, 0.29) is 5.75 Å². The first-order valence-electron chi connectivity index (χ1n) is 5.66. The molecule has 0 aliphatic carbocycles. The molecule has 2 rings (SSSR count). The minimum atomic E-state index is 0.243. The highest BCUT2D eigenvalue weighted by Crippen LogP contribution is 2.33. The van der Waals surface area contributed by atoms with Crippen molar-refractivity contribution in [3.63, 3.8) is 0 Å². The molecule has 1 fully saturated rings. The molecule has 17 heavy (non-hydrogen) atoms. The molecule has 1 aliphatic rings. The Bertz CT molecular complexity index is 369. The summed E-state index contributed by atoms with van der Waals surface area (Å²) in [6.45, 7) is 2.55. The molecule has 0 radical (unpaired) electrons. The molecule has 0 saturated carbocycles. The molecule has 3 nitrogen and oxygen atoms in total. The van der Waals surface area contributed by atoms with E-state index in [1.165, 1.54) is 6.42 Å². The number of hydrogen-bond donors (Lipinski definition) is 2. The molecule has 5 heteroatoms. The van der Waals surface area contributed by atoms with Crippen LogP contribution in [-0.4, -0.2) is 24.4 Å². The lowest BCUT2D eigenvalue weighted by atomic mass is 10.2. The molecular weight excluding hydrogens is 350 g/mol. The lowest BCUT2D eigenvalue weighted by molar-refractivity contribution is 0.110. The van der Waals surface area contributed by atoms with Crippen LogP contribution in [0.2, 0.25) is 0 Å². The van der Waals surface area contributed by atoms with Crippen LogP contribution in [0.15, 0.2) is 21.1 Å². The number of phenolic OH excluding ortho intramolecular Hbond substituents is 1. The monoisotopic (exact) mass is 363 g/mol. The molecule has 0 amide bonds. The highest BCUT2D eigenvalue weighted by molar-refractivity contribution is 9.11. The Balaban J connectivity index is 1.86. The van der Waals surface area contributed by atoms with Crippen LogP contribution < -0.4 is 5.32 Å². The molecule has 0 aromatic heterocycles. The Kier molecular flexibility index (Phi) is 4.85. The van der Waals surface area contributed by atoms with Crippen molar-refractivity contribution < 1.29 is 9.84 Å². The summed E-state index contributed by atoms with van der Waals surface area (Å²) in [4.78, 5) is 0. The fourth-order valence-corrected chi connectivity index (χ4v) is 3.18. The molecule has 1 aliphatic heterocycles. The number of halogens is 2. The van der Waals surface area contributed by atoms with E-state index < -0.39 is 0 Å². The Labute approximate surface area is 118 Å². The topological polar surface area (TPSA) is 41.5 Å². The lowest BCUT2D eigenvalue weighted by Gasteiger charge is -2.11. The molecule has 1 saturated heterocycles. The van der Waals surface area contributed by atoms with Crippen molar-refractivity contribution >= 4 is 31.9 Å². The average molecular weight is 365 g/mol. The first-order valence-corrected chi connectivity index (χ1v) is 7.24. The first-order chi connectivity index (χ1) is 8.16. The maximum absolute atomic E-state index is 9.59. The largest absolute Gasteiger partial charge is 0.506 e. The summed E-state index contributed by atoms with van der Waals surface area (Å²) in [7, 11) is 0. The number of aromatic hydroxyl groups is 1. The third-order valence-electron chi connectivity index (χ3n) is 2.80. The summed E-state index contributed by atoms with van der Waals surface area (Å²) in [6.07, 6.45) is 2.68. The predicted molar refractivity (Wildman–Crippen MR) is 74.2 cm³/mol. The second-order valence-electron chi connectivity index (χ2n) is 4.17. The predicted octanol–water partition coefficient (Wildman–Crippen LogP) is 3.19. The summed E-state index contributed by atoms with van der Waals surface area (Å²) >= 11 is 6.65. The van der Waals surface area contributed by atoms with Crippen LogP contribution in [-0.2, 0) is 11.3 Å². The molecule has 1 atom stereocenters. The van der Waals surface area contributed by atoms with Gasteiger partial charge in [0.15, 0.2) is 0 Å². The lowest BCUT2D eigenvalue weighted by Crippen LogP contribution is -2.25. The smallest absolute Gasteiger partial charge is 0.143 e. The van der Waals surface area contributed by atoms with Crippen molar-refractivity contribution in [2.45, 2.75) is 25.5 Å². The number of rotatable bonds is 4. The molecule has 0 spiro atoms. The van der Waals surface area contributed by atoms with Crippen LogP contribution in [0.1, 0.15) is 18.4 Å². The van der Waals surface area contributed by atoms with E-state index in [0.29, 0.717) is 15.0 Å². The van der Waals surface area contributed by atoms with E-state index in [1.54, 1.807) is 0 Å². The van der Waals surface area contributed by atoms with Gasteiger partial charge in [-0.2, -0.15) is 0 Å². The highest BCUT2D eigenvalue weighted by atomic mass is 79.9. The second-order valence-corrected chi connectivity index (χ2v) is 5.88. The average Bonchev–Trinajstić information content (AvgIpc) is 2.79. The standard InChI is InChI=1S/C12H15Br2NO2/c13-10-4-8(5-11(14)12(10)16)6-15-7-9-2-1-3-17-9/h4-5,9,15-16H,1-3,6-7H2. The van der Waals surface area contributed by atoms with Crippen molar-refractivity contribution in [1.82, 2.24) is 5.32 Å². The van der Waals surface area contributed by atoms with Gasteiger partial charge in [-0.15, -0.1) is 0 Å². The zero-order valence-electron chi connectivity index (χ0n) is 9.38. The molecule has 2 N–H and O–H groups in total. The van der Waals surface area contributed by atoms with Gasteiger partial charge in [0, 0.05) is 19.7 Å². The third-order valence-corrected chi connectivity index (χ3v) is 4.01. The van der Waals surface area contributed by atoms with Gasteiger partial charge in [0.25, 0.3) is 0 Å². The molecule has 1 aromatic carbocycles. The van der Waals surface area contributed by atoms with Gasteiger partial charge in [0.1, 0.15) is 5.75 Å². The summed E-state index contributed by atoms with van der Waals surface area (Å²) in [5.41, 5.74) is 1.12. The van der Waals surface area contributed by atoms with Crippen LogP contribution in [0.5, 0.6) is 5.75 Å². The van der Waals surface area contributed by atoms with Gasteiger partial charge in [-0.25, -0.2) is 0 Å². The van der Waals surface area contributed by atoms with Gasteiger partial charge < -0.3 is 15.2 Å². The maximum Gasteiger partial charge on any atom is 0.143 e. The number of ether oxygens (including phenoxy) is 1. The van der Waals surface area contributed by atoms with E-state index in [2.05, 4.69) is 37.2 Å². The van der Waals surface area contributed by atoms with E-state index in [9.17, 15) is 5.11 Å². The summed E-state index contributed by atoms with van der Waals surface area (Å²) in [5, 5.41) is 13.0. The number of hydrogen-bond acceptors (Lipinski definition) is 3. The first kappa shape index (κ1) is 13.3. The van der Waals surface area contributed by atoms with Crippen LogP contribution >= 0.6 is 31.9 Å². The SMILES string of the molecule is Oc1c(Br)cc(CNCC2CCCO2)cc1Br. The fraction of sp³-hybridized carbons (Fsp3) is 0.500. The Morgan fingerprint density at radius 3 is 2.65 bits per heavy atom. The van der Waals surface area contributed by atoms with Gasteiger partial charge in [0.2, 0.25) is 0 Å². The molecular formula is C12H15Br2NO2. The maximum atomic E-state index is 9.59. The zero-order valence-corrected chi connectivity index (χ0v) is 12.6. The minimum absolute atomic E-state index is 0.243. The van der Waals surface area contributed by atoms with Crippen molar-refractivity contribution in [1.29, 1.82) is 0 Å². The van der Waals surface area contributed by atoms with Crippen molar-refractivity contribution in [2.75, 3.05) is 13.2 Å². The van der Waals surface area contributed by atoms with E-state index in [0.717, 1.165) is 31.7 Å². The van der Waals surface area contributed by atoms with Crippen molar-refractivity contribution in [3.05, 3.63) is 26.6 Å². The van der Waals surface area contributed by atoms with Gasteiger partial charge >= 0.3 is 0 Å². The van der Waals surface area contributed by atoms with Crippen molar-refractivity contribution in [2.24, 2.45) is 0 Å². The second kappa shape index (κ2) is 6.18. The molecule has 0 bridgehead atoms. The number of benzene rings is 1. The van der Waals surface area contributed by atoms with Gasteiger partial charge in [-0.1, -0.05) is 0 Å².